The lowest BCUT2D eigenvalue weighted by Crippen LogP contribution is -2.39. The van der Waals surface area contributed by atoms with E-state index in [4.69, 9.17) is 9.84 Å². The van der Waals surface area contributed by atoms with Crippen LogP contribution in [-0.2, 0) is 0 Å². The van der Waals surface area contributed by atoms with Gasteiger partial charge in [0.05, 0.1) is 12.7 Å². The summed E-state index contributed by atoms with van der Waals surface area (Å²) in [6.07, 6.45) is 0.198. The molecule has 5 nitrogen and oxygen atoms in total. The minimum absolute atomic E-state index is 0.255. The average Bonchev–Trinajstić information content (AvgIpc) is 2.39. The highest BCUT2D eigenvalue weighted by Gasteiger charge is 2.04. The maximum Gasteiger partial charge on any atom is 0.314 e. The van der Waals surface area contributed by atoms with Crippen molar-refractivity contribution in [3.8, 4) is 5.75 Å². The standard InChI is InChI=1S/C15H24N2O3/c1-11-6-4-7-12(2)14(11)20-9-5-8-16-15(19)17-10-13(3)18/h4,6-7,13,18H,5,8-10H2,1-3H3,(H2,16,17,19). The molecule has 20 heavy (non-hydrogen) atoms. The molecule has 1 unspecified atom stereocenters. The number of urea groups is 1. The zero-order chi connectivity index (χ0) is 15.0. The second-order valence-corrected chi connectivity index (χ2v) is 4.91. The van der Waals surface area contributed by atoms with Crippen LogP contribution in [0.5, 0.6) is 5.75 Å². The maximum absolute atomic E-state index is 11.3. The second-order valence-electron chi connectivity index (χ2n) is 4.91. The molecular weight excluding hydrogens is 256 g/mol. The largest absolute Gasteiger partial charge is 0.493 e. The van der Waals surface area contributed by atoms with Crippen LogP contribution in [0.25, 0.3) is 0 Å². The van der Waals surface area contributed by atoms with Crippen molar-refractivity contribution in [1.29, 1.82) is 0 Å². The van der Waals surface area contributed by atoms with Crippen LogP contribution in [0.1, 0.15) is 24.5 Å². The fourth-order valence-electron chi connectivity index (χ4n) is 1.78. The van der Waals surface area contributed by atoms with Gasteiger partial charge in [-0.3, -0.25) is 0 Å². The van der Waals surface area contributed by atoms with Crippen LogP contribution in [0.2, 0.25) is 0 Å². The van der Waals surface area contributed by atoms with Gasteiger partial charge in [0.25, 0.3) is 0 Å². The van der Waals surface area contributed by atoms with Crippen molar-refractivity contribution >= 4 is 6.03 Å². The van der Waals surface area contributed by atoms with Crippen molar-refractivity contribution in [2.75, 3.05) is 19.7 Å². The van der Waals surface area contributed by atoms with E-state index in [9.17, 15) is 4.79 Å². The first kappa shape index (κ1) is 16.3. The van der Waals surface area contributed by atoms with Crippen LogP contribution in [0.15, 0.2) is 18.2 Å². The van der Waals surface area contributed by atoms with Crippen LogP contribution < -0.4 is 15.4 Å². The van der Waals surface area contributed by atoms with E-state index in [0.29, 0.717) is 13.2 Å². The number of carbonyl (C=O) groups excluding carboxylic acids is 1. The van der Waals surface area contributed by atoms with Crippen LogP contribution in [0.3, 0.4) is 0 Å². The topological polar surface area (TPSA) is 70.6 Å². The molecule has 0 radical (unpaired) electrons. The molecule has 2 amide bonds. The van der Waals surface area contributed by atoms with Crippen LogP contribution >= 0.6 is 0 Å². The third-order valence-electron chi connectivity index (χ3n) is 2.82. The highest BCUT2D eigenvalue weighted by Crippen LogP contribution is 2.22. The predicted octanol–water partition coefficient (Wildman–Crippen LogP) is 1.75. The molecule has 0 spiro atoms. The Morgan fingerprint density at radius 3 is 2.55 bits per heavy atom. The van der Waals surface area contributed by atoms with Gasteiger partial charge in [-0.25, -0.2) is 4.79 Å². The number of rotatable bonds is 7. The van der Waals surface area contributed by atoms with E-state index >= 15 is 0 Å². The minimum Gasteiger partial charge on any atom is -0.493 e. The Hall–Kier alpha value is -1.75. The molecule has 1 aromatic rings. The van der Waals surface area contributed by atoms with Crippen molar-refractivity contribution in [3.63, 3.8) is 0 Å². The zero-order valence-electron chi connectivity index (χ0n) is 12.4. The molecule has 0 fully saturated rings. The van der Waals surface area contributed by atoms with Gasteiger partial charge in [0, 0.05) is 13.1 Å². The molecule has 0 aliphatic carbocycles. The van der Waals surface area contributed by atoms with Gasteiger partial charge in [-0.2, -0.15) is 0 Å². The van der Waals surface area contributed by atoms with Gasteiger partial charge in [0.2, 0.25) is 0 Å². The summed E-state index contributed by atoms with van der Waals surface area (Å²) in [6, 6.07) is 5.78. The Morgan fingerprint density at radius 2 is 1.95 bits per heavy atom. The minimum atomic E-state index is -0.534. The summed E-state index contributed by atoms with van der Waals surface area (Å²) in [5.41, 5.74) is 2.24. The molecule has 0 bridgehead atoms. The SMILES string of the molecule is Cc1cccc(C)c1OCCCNC(=O)NCC(C)O. The molecule has 0 heterocycles. The van der Waals surface area contributed by atoms with Crippen LogP contribution in [0, 0.1) is 13.8 Å². The molecule has 0 saturated carbocycles. The molecule has 0 aromatic heterocycles. The zero-order valence-corrected chi connectivity index (χ0v) is 12.4. The number of ether oxygens (including phenoxy) is 1. The molecule has 0 aliphatic heterocycles. The fraction of sp³-hybridized carbons (Fsp3) is 0.533. The molecule has 1 rings (SSSR count). The Bertz CT molecular complexity index is 413. The Labute approximate surface area is 120 Å². The van der Waals surface area contributed by atoms with E-state index in [1.54, 1.807) is 6.92 Å². The average molecular weight is 280 g/mol. The number of aliphatic hydroxyl groups excluding tert-OH is 1. The van der Waals surface area contributed by atoms with Gasteiger partial charge < -0.3 is 20.5 Å². The summed E-state index contributed by atoms with van der Waals surface area (Å²) in [4.78, 5) is 11.3. The number of amides is 2. The van der Waals surface area contributed by atoms with E-state index in [2.05, 4.69) is 10.6 Å². The highest BCUT2D eigenvalue weighted by atomic mass is 16.5. The molecular formula is C15H24N2O3. The van der Waals surface area contributed by atoms with Crippen LogP contribution in [0.4, 0.5) is 4.79 Å². The molecule has 1 atom stereocenters. The summed E-state index contributed by atoms with van der Waals surface area (Å²) in [7, 11) is 0. The lowest BCUT2D eigenvalue weighted by Gasteiger charge is -2.12. The molecule has 1 aromatic carbocycles. The number of hydrogen-bond acceptors (Lipinski definition) is 3. The first-order chi connectivity index (χ1) is 9.50. The maximum atomic E-state index is 11.3. The van der Waals surface area contributed by atoms with Crippen molar-refractivity contribution in [2.45, 2.75) is 33.3 Å². The lowest BCUT2D eigenvalue weighted by molar-refractivity contribution is 0.187. The number of aliphatic hydroxyl groups is 1. The molecule has 5 heteroatoms. The van der Waals surface area contributed by atoms with Gasteiger partial charge in [-0.05, 0) is 38.3 Å². The van der Waals surface area contributed by atoms with Gasteiger partial charge >= 0.3 is 6.03 Å². The molecule has 112 valence electrons. The van der Waals surface area contributed by atoms with Crippen molar-refractivity contribution in [3.05, 3.63) is 29.3 Å². The van der Waals surface area contributed by atoms with Gasteiger partial charge in [0.1, 0.15) is 5.75 Å². The lowest BCUT2D eigenvalue weighted by atomic mass is 10.1. The van der Waals surface area contributed by atoms with Gasteiger partial charge in [0.15, 0.2) is 0 Å². The number of aryl methyl sites for hydroxylation is 2. The molecule has 0 aliphatic rings. The van der Waals surface area contributed by atoms with E-state index in [1.165, 1.54) is 0 Å². The predicted molar refractivity (Wildman–Crippen MR) is 79.1 cm³/mol. The van der Waals surface area contributed by atoms with Crippen molar-refractivity contribution < 1.29 is 14.6 Å². The van der Waals surface area contributed by atoms with Crippen LogP contribution in [-0.4, -0.2) is 36.9 Å². The number of benzene rings is 1. The Balaban J connectivity index is 2.18. The second kappa shape index (κ2) is 8.43. The molecule has 0 saturated heterocycles. The van der Waals surface area contributed by atoms with Crippen molar-refractivity contribution in [1.82, 2.24) is 10.6 Å². The van der Waals surface area contributed by atoms with Gasteiger partial charge in [-0.15, -0.1) is 0 Å². The third-order valence-corrected chi connectivity index (χ3v) is 2.82. The van der Waals surface area contributed by atoms with E-state index < -0.39 is 6.10 Å². The summed E-state index contributed by atoms with van der Waals surface area (Å²) in [5, 5.41) is 14.3. The van der Waals surface area contributed by atoms with E-state index in [0.717, 1.165) is 23.3 Å². The third kappa shape index (κ3) is 5.93. The molecule has 3 N–H and O–H groups in total. The first-order valence-corrected chi connectivity index (χ1v) is 6.89. The summed E-state index contributed by atoms with van der Waals surface area (Å²) in [5.74, 6) is 0.922. The summed E-state index contributed by atoms with van der Waals surface area (Å²) >= 11 is 0. The smallest absolute Gasteiger partial charge is 0.314 e. The summed E-state index contributed by atoms with van der Waals surface area (Å²) < 4.78 is 5.74. The Morgan fingerprint density at radius 1 is 1.30 bits per heavy atom. The summed E-state index contributed by atoms with van der Waals surface area (Å²) in [6.45, 7) is 7.01. The quantitative estimate of drug-likeness (QED) is 0.666. The number of para-hydroxylation sites is 1. The van der Waals surface area contributed by atoms with Crippen molar-refractivity contribution in [2.24, 2.45) is 0 Å². The normalized spacial score (nSPS) is 11.8. The Kier molecular flexibility index (Phi) is 6.87. The number of nitrogens with one attached hydrogen (secondary N) is 2. The highest BCUT2D eigenvalue weighted by molar-refractivity contribution is 5.73. The van der Waals surface area contributed by atoms with Gasteiger partial charge in [-0.1, -0.05) is 18.2 Å². The first-order valence-electron chi connectivity index (χ1n) is 6.89. The van der Waals surface area contributed by atoms with E-state index in [-0.39, 0.29) is 12.6 Å². The number of hydrogen-bond donors (Lipinski definition) is 3. The van der Waals surface area contributed by atoms with E-state index in [1.807, 2.05) is 32.0 Å². The monoisotopic (exact) mass is 280 g/mol. The number of carbonyl (C=O) groups is 1. The fourth-order valence-corrected chi connectivity index (χ4v) is 1.78.